The predicted molar refractivity (Wildman–Crippen MR) is 76.5 cm³/mol. The average Bonchev–Trinajstić information content (AvgIpc) is 2.20. The van der Waals surface area contributed by atoms with E-state index < -0.39 is 0 Å². The third-order valence-corrected chi connectivity index (χ3v) is 3.00. The van der Waals surface area contributed by atoms with Crippen LogP contribution in [0.3, 0.4) is 0 Å². The fraction of sp³-hybridized carbons (Fsp3) is 0.444. The molecule has 1 aliphatic rings. The lowest BCUT2D eigenvalue weighted by molar-refractivity contribution is 0.584. The van der Waals surface area contributed by atoms with Crippen molar-refractivity contribution < 1.29 is 0 Å². The number of hydrogen-bond donors (Lipinski definition) is 1. The summed E-state index contributed by atoms with van der Waals surface area (Å²) in [5.41, 5.74) is 0. The third kappa shape index (κ3) is 3.94. The van der Waals surface area contributed by atoms with E-state index in [1.54, 1.807) is 0 Å². The van der Waals surface area contributed by atoms with Gasteiger partial charge < -0.3 is 10.2 Å². The second-order valence-electron chi connectivity index (χ2n) is 3.05. The Morgan fingerprint density at radius 1 is 1.27 bits per heavy atom. The van der Waals surface area contributed by atoms with Gasteiger partial charge in [0.25, 0.3) is 0 Å². The molecule has 0 spiro atoms. The van der Waals surface area contributed by atoms with Crippen LogP contribution in [0.1, 0.15) is 0 Å². The molecule has 3 nitrogen and oxygen atoms in total. The van der Waals surface area contributed by atoms with E-state index in [1.165, 1.54) is 3.57 Å². The fourth-order valence-corrected chi connectivity index (χ4v) is 2.17. The van der Waals surface area contributed by atoms with E-state index in [0.717, 1.165) is 32.0 Å². The molecule has 0 saturated carbocycles. The maximum Gasteiger partial charge on any atom is 0.142 e. The molecule has 1 saturated heterocycles. The van der Waals surface area contributed by atoms with Crippen molar-refractivity contribution in [3.63, 3.8) is 0 Å². The zero-order valence-corrected chi connectivity index (χ0v) is 11.9. The van der Waals surface area contributed by atoms with Gasteiger partial charge in [-0.2, -0.15) is 0 Å². The summed E-state index contributed by atoms with van der Waals surface area (Å²) in [6.45, 7) is 4.25. The second kappa shape index (κ2) is 7.49. The Labute approximate surface area is 116 Å². The zero-order chi connectivity index (χ0) is 9.10. The molecule has 86 valence electrons. The van der Waals surface area contributed by atoms with Crippen LogP contribution in [0.4, 0.5) is 5.82 Å². The summed E-state index contributed by atoms with van der Waals surface area (Å²) in [7, 11) is 0. The van der Waals surface area contributed by atoms with Gasteiger partial charge in [-0.3, -0.25) is 0 Å². The highest BCUT2D eigenvalue weighted by atomic mass is 127. The first-order valence-electron chi connectivity index (χ1n) is 4.44. The molecule has 2 rings (SSSR count). The van der Waals surface area contributed by atoms with Gasteiger partial charge in [0.05, 0.1) is 3.57 Å². The first-order chi connectivity index (χ1) is 6.38. The van der Waals surface area contributed by atoms with Gasteiger partial charge in [-0.1, -0.05) is 0 Å². The Bertz CT molecular complexity index is 292. The lowest BCUT2D eigenvalue weighted by Gasteiger charge is -2.28. The van der Waals surface area contributed by atoms with E-state index in [2.05, 4.69) is 43.9 Å². The van der Waals surface area contributed by atoms with Crippen LogP contribution in [0.25, 0.3) is 0 Å². The standard InChI is InChI=1S/C9H12IN3.2ClH/c10-8-2-1-3-12-9(8)13-6-4-11-5-7-13;;/h1-3,11H,4-7H2;2*1H. The molecule has 1 aliphatic heterocycles. The van der Waals surface area contributed by atoms with Crippen LogP contribution in [-0.4, -0.2) is 31.2 Å². The predicted octanol–water partition coefficient (Wildman–Crippen LogP) is 1.94. The average molecular weight is 362 g/mol. The number of piperazine rings is 1. The minimum Gasteiger partial charge on any atom is -0.353 e. The molecule has 0 radical (unpaired) electrons. The molecule has 1 aromatic heterocycles. The van der Waals surface area contributed by atoms with Crippen LogP contribution in [0.2, 0.25) is 0 Å². The van der Waals surface area contributed by atoms with Crippen molar-refractivity contribution in [1.82, 2.24) is 10.3 Å². The van der Waals surface area contributed by atoms with Gasteiger partial charge in [-0.05, 0) is 34.7 Å². The normalized spacial score (nSPS) is 15.1. The molecule has 0 unspecified atom stereocenters. The lowest BCUT2D eigenvalue weighted by atomic mass is 10.3. The number of rotatable bonds is 1. The van der Waals surface area contributed by atoms with Gasteiger partial charge in [0.2, 0.25) is 0 Å². The maximum atomic E-state index is 4.39. The topological polar surface area (TPSA) is 28.2 Å². The van der Waals surface area contributed by atoms with Crippen molar-refractivity contribution in [2.45, 2.75) is 0 Å². The van der Waals surface area contributed by atoms with Gasteiger partial charge in [0, 0.05) is 32.4 Å². The molecule has 2 heterocycles. The summed E-state index contributed by atoms with van der Waals surface area (Å²) in [4.78, 5) is 6.72. The zero-order valence-electron chi connectivity index (χ0n) is 8.15. The van der Waals surface area contributed by atoms with Crippen molar-refractivity contribution in [2.75, 3.05) is 31.1 Å². The molecule has 0 amide bonds. The molecule has 0 aliphatic carbocycles. The summed E-state index contributed by atoms with van der Waals surface area (Å²) in [6.07, 6.45) is 1.86. The highest BCUT2D eigenvalue weighted by Gasteiger charge is 2.13. The molecule has 0 atom stereocenters. The second-order valence-corrected chi connectivity index (χ2v) is 4.21. The van der Waals surface area contributed by atoms with Crippen LogP contribution in [0.15, 0.2) is 18.3 Å². The highest BCUT2D eigenvalue weighted by molar-refractivity contribution is 14.1. The molecule has 1 fully saturated rings. The summed E-state index contributed by atoms with van der Waals surface area (Å²) >= 11 is 2.34. The summed E-state index contributed by atoms with van der Waals surface area (Å²) in [5.74, 6) is 1.13. The van der Waals surface area contributed by atoms with E-state index in [4.69, 9.17) is 0 Å². The molecule has 1 aromatic rings. The first kappa shape index (κ1) is 15.2. The Morgan fingerprint density at radius 3 is 2.53 bits per heavy atom. The van der Waals surface area contributed by atoms with Crippen LogP contribution in [0.5, 0.6) is 0 Å². The molecular formula is C9H14Cl2IN3. The number of nitrogens with one attached hydrogen (secondary N) is 1. The van der Waals surface area contributed by atoms with E-state index in [-0.39, 0.29) is 24.8 Å². The minimum absolute atomic E-state index is 0. The Morgan fingerprint density at radius 2 is 1.93 bits per heavy atom. The van der Waals surface area contributed by atoms with Gasteiger partial charge >= 0.3 is 0 Å². The van der Waals surface area contributed by atoms with Gasteiger partial charge in [0.1, 0.15) is 5.82 Å². The van der Waals surface area contributed by atoms with Crippen LogP contribution in [-0.2, 0) is 0 Å². The van der Waals surface area contributed by atoms with Crippen LogP contribution in [0, 0.1) is 3.57 Å². The number of pyridine rings is 1. The van der Waals surface area contributed by atoms with Crippen molar-refractivity contribution in [2.24, 2.45) is 0 Å². The van der Waals surface area contributed by atoms with Crippen molar-refractivity contribution >= 4 is 53.2 Å². The van der Waals surface area contributed by atoms with Crippen molar-refractivity contribution in [3.05, 3.63) is 21.9 Å². The third-order valence-electron chi connectivity index (χ3n) is 2.16. The monoisotopic (exact) mass is 361 g/mol. The smallest absolute Gasteiger partial charge is 0.142 e. The Hall–Kier alpha value is 0.220. The van der Waals surface area contributed by atoms with Gasteiger partial charge in [-0.25, -0.2) is 4.98 Å². The van der Waals surface area contributed by atoms with Crippen LogP contribution < -0.4 is 10.2 Å². The molecule has 0 aromatic carbocycles. The highest BCUT2D eigenvalue weighted by Crippen LogP contribution is 2.18. The first-order valence-corrected chi connectivity index (χ1v) is 5.52. The Balaban J connectivity index is 0.000000980. The summed E-state index contributed by atoms with van der Waals surface area (Å²) < 4.78 is 1.24. The quantitative estimate of drug-likeness (QED) is 0.775. The van der Waals surface area contributed by atoms with Crippen molar-refractivity contribution in [3.8, 4) is 0 Å². The largest absolute Gasteiger partial charge is 0.353 e. The van der Waals surface area contributed by atoms with Gasteiger partial charge in [-0.15, -0.1) is 24.8 Å². The Kier molecular flexibility index (Phi) is 7.60. The number of halogens is 3. The molecule has 1 N–H and O–H groups in total. The number of anilines is 1. The molecular weight excluding hydrogens is 348 g/mol. The van der Waals surface area contributed by atoms with Crippen molar-refractivity contribution in [1.29, 1.82) is 0 Å². The minimum atomic E-state index is 0. The van der Waals surface area contributed by atoms with Crippen LogP contribution >= 0.6 is 47.4 Å². The maximum absolute atomic E-state index is 4.39. The molecule has 0 bridgehead atoms. The summed E-state index contributed by atoms with van der Waals surface area (Å²) in [5, 5.41) is 3.33. The number of aromatic nitrogens is 1. The SMILES string of the molecule is Cl.Cl.Ic1cccnc1N1CCNCC1. The fourth-order valence-electron chi connectivity index (χ4n) is 1.49. The van der Waals surface area contributed by atoms with E-state index >= 15 is 0 Å². The van der Waals surface area contributed by atoms with Gasteiger partial charge in [0.15, 0.2) is 0 Å². The van der Waals surface area contributed by atoms with E-state index in [1.807, 2.05) is 12.3 Å². The summed E-state index contributed by atoms with van der Waals surface area (Å²) in [6, 6.07) is 4.08. The van der Waals surface area contributed by atoms with E-state index in [9.17, 15) is 0 Å². The molecule has 15 heavy (non-hydrogen) atoms. The number of hydrogen-bond acceptors (Lipinski definition) is 3. The lowest BCUT2D eigenvalue weighted by Crippen LogP contribution is -2.44. The van der Waals surface area contributed by atoms with E-state index in [0.29, 0.717) is 0 Å². The number of nitrogens with zero attached hydrogens (tertiary/aromatic N) is 2. The molecule has 6 heteroatoms.